The van der Waals surface area contributed by atoms with Crippen LogP contribution >= 0.6 is 0 Å². The number of halogens is 1. The Morgan fingerprint density at radius 1 is 1.29 bits per heavy atom. The first-order valence-corrected chi connectivity index (χ1v) is 6.84. The van der Waals surface area contributed by atoms with Crippen LogP contribution in [0.15, 0.2) is 36.5 Å². The van der Waals surface area contributed by atoms with Gasteiger partial charge >= 0.3 is 0 Å². The van der Waals surface area contributed by atoms with Gasteiger partial charge in [0.1, 0.15) is 12.2 Å². The fourth-order valence-electron chi connectivity index (χ4n) is 2.15. The number of carbonyl (C=O) groups is 1. The standard InChI is InChI=1S/C16H9FN6O/c17-13-3-1-10(8-19)7-12(13)11-2-4-14-20-16(22-23(14)9-11)21-15(24)5-6-18/h1-4,7,9H,5H2,(H,21,22,24). The molecule has 3 aromatic rings. The van der Waals surface area contributed by atoms with Crippen molar-refractivity contribution in [3.05, 3.63) is 47.9 Å². The number of benzene rings is 1. The first-order chi connectivity index (χ1) is 11.6. The van der Waals surface area contributed by atoms with Crippen molar-refractivity contribution in [2.24, 2.45) is 0 Å². The average molecular weight is 320 g/mol. The smallest absolute Gasteiger partial charge is 0.249 e. The van der Waals surface area contributed by atoms with Crippen LogP contribution in [0.5, 0.6) is 0 Å². The lowest BCUT2D eigenvalue weighted by molar-refractivity contribution is -0.115. The summed E-state index contributed by atoms with van der Waals surface area (Å²) >= 11 is 0. The molecule has 116 valence electrons. The van der Waals surface area contributed by atoms with E-state index in [0.29, 0.717) is 16.8 Å². The second-order valence-electron chi connectivity index (χ2n) is 4.85. The number of amides is 1. The highest BCUT2D eigenvalue weighted by Gasteiger charge is 2.11. The summed E-state index contributed by atoms with van der Waals surface area (Å²) in [5.74, 6) is -0.920. The van der Waals surface area contributed by atoms with E-state index in [4.69, 9.17) is 10.5 Å². The van der Waals surface area contributed by atoms with Crippen LogP contribution in [0.2, 0.25) is 0 Å². The van der Waals surface area contributed by atoms with E-state index in [9.17, 15) is 9.18 Å². The van der Waals surface area contributed by atoms with E-state index in [1.165, 1.54) is 22.7 Å². The summed E-state index contributed by atoms with van der Waals surface area (Å²) in [5, 5.41) is 23.9. The third-order valence-corrected chi connectivity index (χ3v) is 3.23. The van der Waals surface area contributed by atoms with Gasteiger partial charge in [0.25, 0.3) is 0 Å². The van der Waals surface area contributed by atoms with Gasteiger partial charge in [-0.15, -0.1) is 5.10 Å². The van der Waals surface area contributed by atoms with Crippen LogP contribution < -0.4 is 5.32 Å². The number of nitrogens with zero attached hydrogens (tertiary/aromatic N) is 5. The molecule has 0 bridgehead atoms. The minimum Gasteiger partial charge on any atom is -0.292 e. The van der Waals surface area contributed by atoms with Crippen molar-refractivity contribution in [3.63, 3.8) is 0 Å². The Kier molecular flexibility index (Phi) is 3.87. The molecule has 0 spiro atoms. The van der Waals surface area contributed by atoms with E-state index in [1.54, 1.807) is 24.4 Å². The maximum absolute atomic E-state index is 14.0. The highest BCUT2D eigenvalue weighted by Crippen LogP contribution is 2.24. The molecule has 0 saturated heterocycles. The number of pyridine rings is 1. The molecule has 3 rings (SSSR count). The minimum absolute atomic E-state index is 0.0543. The van der Waals surface area contributed by atoms with Crippen molar-refractivity contribution >= 4 is 17.5 Å². The van der Waals surface area contributed by atoms with Crippen molar-refractivity contribution in [1.82, 2.24) is 14.6 Å². The normalized spacial score (nSPS) is 10.1. The van der Waals surface area contributed by atoms with Crippen molar-refractivity contribution in [2.45, 2.75) is 6.42 Å². The molecule has 0 fully saturated rings. The van der Waals surface area contributed by atoms with Crippen LogP contribution in [0.4, 0.5) is 10.3 Å². The molecule has 0 atom stereocenters. The summed E-state index contributed by atoms with van der Waals surface area (Å²) in [6.45, 7) is 0. The van der Waals surface area contributed by atoms with Crippen LogP contribution in [0.1, 0.15) is 12.0 Å². The Hall–Kier alpha value is -3.78. The Bertz CT molecular complexity index is 1030. The van der Waals surface area contributed by atoms with Gasteiger partial charge in [0.15, 0.2) is 5.65 Å². The number of nitrogens with one attached hydrogen (secondary N) is 1. The third kappa shape index (κ3) is 2.89. The largest absolute Gasteiger partial charge is 0.292 e. The summed E-state index contributed by atoms with van der Waals surface area (Å²) in [6, 6.07) is 11.0. The monoisotopic (exact) mass is 320 g/mol. The summed E-state index contributed by atoms with van der Waals surface area (Å²) < 4.78 is 15.4. The predicted octanol–water partition coefficient (Wildman–Crippen LogP) is 2.26. The molecule has 0 saturated carbocycles. The molecule has 8 heteroatoms. The molecule has 1 aromatic carbocycles. The molecule has 1 N–H and O–H groups in total. The van der Waals surface area contributed by atoms with Crippen LogP contribution in [0, 0.1) is 28.5 Å². The fourth-order valence-corrected chi connectivity index (χ4v) is 2.15. The molecule has 1 amide bonds. The van der Waals surface area contributed by atoms with E-state index in [0.717, 1.165) is 0 Å². The molecular formula is C16H9FN6O. The van der Waals surface area contributed by atoms with Gasteiger partial charge < -0.3 is 0 Å². The summed E-state index contributed by atoms with van der Waals surface area (Å²) in [4.78, 5) is 15.5. The van der Waals surface area contributed by atoms with Crippen LogP contribution in [0.3, 0.4) is 0 Å². The second kappa shape index (κ2) is 6.15. The van der Waals surface area contributed by atoms with Crippen LogP contribution in [-0.2, 0) is 4.79 Å². The molecule has 24 heavy (non-hydrogen) atoms. The van der Waals surface area contributed by atoms with Gasteiger partial charge in [0.05, 0.1) is 17.7 Å². The number of hydrogen-bond donors (Lipinski definition) is 1. The quantitative estimate of drug-likeness (QED) is 0.796. The van der Waals surface area contributed by atoms with Gasteiger partial charge in [0, 0.05) is 17.3 Å². The first kappa shape index (κ1) is 15.1. The van der Waals surface area contributed by atoms with Gasteiger partial charge in [-0.3, -0.25) is 10.1 Å². The van der Waals surface area contributed by atoms with Gasteiger partial charge in [-0.2, -0.15) is 15.5 Å². The van der Waals surface area contributed by atoms with Gasteiger partial charge in [-0.05, 0) is 30.3 Å². The van der Waals surface area contributed by atoms with Crippen LogP contribution in [0.25, 0.3) is 16.8 Å². The van der Waals surface area contributed by atoms with Gasteiger partial charge in [-0.25, -0.2) is 8.91 Å². The molecule has 0 unspecified atom stereocenters. The topological polar surface area (TPSA) is 107 Å². The summed E-state index contributed by atoms with van der Waals surface area (Å²) in [6.07, 6.45) is 1.24. The van der Waals surface area contributed by atoms with E-state index >= 15 is 0 Å². The van der Waals surface area contributed by atoms with E-state index in [2.05, 4.69) is 15.4 Å². The second-order valence-corrected chi connectivity index (χ2v) is 4.85. The number of fused-ring (bicyclic) bond motifs is 1. The molecular weight excluding hydrogens is 311 g/mol. The Labute approximate surface area is 135 Å². The molecule has 7 nitrogen and oxygen atoms in total. The molecule has 0 aliphatic rings. The fraction of sp³-hybridized carbons (Fsp3) is 0.0625. The zero-order valence-corrected chi connectivity index (χ0v) is 12.2. The molecule has 0 radical (unpaired) electrons. The number of hydrogen-bond acceptors (Lipinski definition) is 5. The lowest BCUT2D eigenvalue weighted by Crippen LogP contribution is -2.11. The molecule has 2 heterocycles. The van der Waals surface area contributed by atoms with Crippen molar-refractivity contribution < 1.29 is 9.18 Å². The van der Waals surface area contributed by atoms with E-state index in [-0.39, 0.29) is 17.9 Å². The lowest BCUT2D eigenvalue weighted by atomic mass is 10.0. The first-order valence-electron chi connectivity index (χ1n) is 6.84. The Balaban J connectivity index is 1.99. The molecule has 2 aromatic heterocycles. The Morgan fingerprint density at radius 3 is 2.88 bits per heavy atom. The van der Waals surface area contributed by atoms with Gasteiger partial charge in [-0.1, -0.05) is 0 Å². The van der Waals surface area contributed by atoms with Crippen molar-refractivity contribution in [3.8, 4) is 23.3 Å². The number of carbonyl (C=O) groups excluding carboxylic acids is 1. The SMILES string of the molecule is N#CCC(=O)Nc1nc2ccc(-c3cc(C#N)ccc3F)cn2n1. The number of rotatable bonds is 3. The highest BCUT2D eigenvalue weighted by atomic mass is 19.1. The highest BCUT2D eigenvalue weighted by molar-refractivity contribution is 5.90. The van der Waals surface area contributed by atoms with Gasteiger partial charge in [0.2, 0.25) is 11.9 Å². The lowest BCUT2D eigenvalue weighted by Gasteiger charge is -2.04. The van der Waals surface area contributed by atoms with Crippen molar-refractivity contribution in [2.75, 3.05) is 5.32 Å². The number of anilines is 1. The average Bonchev–Trinajstić information content (AvgIpc) is 2.96. The number of nitriles is 2. The van der Waals surface area contributed by atoms with Crippen molar-refractivity contribution in [1.29, 1.82) is 10.5 Å². The third-order valence-electron chi connectivity index (χ3n) is 3.23. The zero-order valence-electron chi connectivity index (χ0n) is 12.2. The molecule has 0 aliphatic carbocycles. The minimum atomic E-state index is -0.513. The van der Waals surface area contributed by atoms with Crippen LogP contribution in [-0.4, -0.2) is 20.5 Å². The van der Waals surface area contributed by atoms with E-state index in [1.807, 2.05) is 6.07 Å². The number of aromatic nitrogens is 3. The summed E-state index contributed by atoms with van der Waals surface area (Å²) in [7, 11) is 0. The molecule has 0 aliphatic heterocycles. The maximum atomic E-state index is 14.0. The maximum Gasteiger partial charge on any atom is 0.249 e. The predicted molar refractivity (Wildman–Crippen MR) is 82.0 cm³/mol. The van der Waals surface area contributed by atoms with E-state index < -0.39 is 11.7 Å². The summed E-state index contributed by atoms with van der Waals surface area (Å²) in [5.41, 5.74) is 1.57. The zero-order chi connectivity index (χ0) is 17.1. The Morgan fingerprint density at radius 2 is 2.12 bits per heavy atom.